The minimum atomic E-state index is -2.96. The van der Waals surface area contributed by atoms with E-state index in [0.717, 1.165) is 25.9 Å². The SMILES string of the molecule is O=C(N[C@H]1CCCNC1)C1CCS(=O)(=O)C1. The second kappa shape index (κ2) is 4.71. The van der Waals surface area contributed by atoms with Crippen molar-refractivity contribution >= 4 is 15.7 Å². The van der Waals surface area contributed by atoms with Gasteiger partial charge in [-0.25, -0.2) is 8.42 Å². The van der Waals surface area contributed by atoms with Gasteiger partial charge in [0, 0.05) is 12.6 Å². The Kier molecular flexibility index (Phi) is 3.49. The molecule has 0 aromatic rings. The van der Waals surface area contributed by atoms with E-state index in [1.54, 1.807) is 0 Å². The summed E-state index contributed by atoms with van der Waals surface area (Å²) >= 11 is 0. The molecule has 0 aliphatic carbocycles. The molecule has 1 unspecified atom stereocenters. The standard InChI is InChI=1S/C10H18N2O3S/c13-10(8-3-5-16(14,15)7-8)12-9-2-1-4-11-6-9/h8-9,11H,1-7H2,(H,12,13)/t8?,9-/m0/s1. The lowest BCUT2D eigenvalue weighted by Gasteiger charge is -2.24. The third kappa shape index (κ3) is 2.95. The molecule has 2 rings (SSSR count). The summed E-state index contributed by atoms with van der Waals surface area (Å²) in [7, 11) is -2.96. The smallest absolute Gasteiger partial charge is 0.224 e. The fraction of sp³-hybridized carbons (Fsp3) is 0.900. The Hall–Kier alpha value is -0.620. The second-order valence-electron chi connectivity index (χ2n) is 4.65. The van der Waals surface area contributed by atoms with Crippen LogP contribution in [0.15, 0.2) is 0 Å². The maximum Gasteiger partial charge on any atom is 0.224 e. The van der Waals surface area contributed by atoms with Gasteiger partial charge in [-0.05, 0) is 25.8 Å². The van der Waals surface area contributed by atoms with Crippen molar-refractivity contribution < 1.29 is 13.2 Å². The van der Waals surface area contributed by atoms with E-state index < -0.39 is 9.84 Å². The Morgan fingerprint density at radius 2 is 2.12 bits per heavy atom. The number of piperidine rings is 1. The first-order valence-corrected chi connectivity index (χ1v) is 7.60. The van der Waals surface area contributed by atoms with E-state index in [2.05, 4.69) is 10.6 Å². The monoisotopic (exact) mass is 246 g/mol. The van der Waals surface area contributed by atoms with Crippen molar-refractivity contribution in [2.45, 2.75) is 25.3 Å². The van der Waals surface area contributed by atoms with Gasteiger partial charge in [-0.2, -0.15) is 0 Å². The molecule has 16 heavy (non-hydrogen) atoms. The zero-order valence-corrected chi connectivity index (χ0v) is 10.1. The molecule has 2 saturated heterocycles. The normalized spacial score (nSPS) is 33.5. The summed E-state index contributed by atoms with van der Waals surface area (Å²) in [4.78, 5) is 11.8. The van der Waals surface area contributed by atoms with Gasteiger partial charge in [0.2, 0.25) is 5.91 Å². The van der Waals surface area contributed by atoms with E-state index >= 15 is 0 Å². The van der Waals surface area contributed by atoms with Crippen LogP contribution < -0.4 is 10.6 Å². The predicted molar refractivity (Wildman–Crippen MR) is 60.8 cm³/mol. The first-order valence-electron chi connectivity index (χ1n) is 5.78. The van der Waals surface area contributed by atoms with Gasteiger partial charge in [0.25, 0.3) is 0 Å². The summed E-state index contributed by atoms with van der Waals surface area (Å²) in [5.74, 6) is -0.228. The average Bonchev–Trinajstić information content (AvgIpc) is 2.60. The number of hydrogen-bond donors (Lipinski definition) is 2. The molecule has 0 aromatic carbocycles. The Morgan fingerprint density at radius 1 is 1.31 bits per heavy atom. The van der Waals surface area contributed by atoms with Gasteiger partial charge in [0.1, 0.15) is 0 Å². The molecule has 2 fully saturated rings. The number of carbonyl (C=O) groups is 1. The zero-order chi connectivity index (χ0) is 11.6. The summed E-state index contributed by atoms with van der Waals surface area (Å²) in [6.07, 6.45) is 2.53. The minimum absolute atomic E-state index is 0.0268. The van der Waals surface area contributed by atoms with Crippen LogP contribution in [0.2, 0.25) is 0 Å². The molecule has 2 N–H and O–H groups in total. The van der Waals surface area contributed by atoms with Crippen molar-refractivity contribution in [1.29, 1.82) is 0 Å². The molecule has 2 atom stereocenters. The fourth-order valence-corrected chi connectivity index (χ4v) is 4.04. The van der Waals surface area contributed by atoms with Crippen LogP contribution in [0, 0.1) is 5.92 Å². The van der Waals surface area contributed by atoms with Crippen molar-refractivity contribution in [2.24, 2.45) is 5.92 Å². The maximum absolute atomic E-state index is 11.8. The fourth-order valence-electron chi connectivity index (χ4n) is 2.30. The first kappa shape index (κ1) is 11.9. The van der Waals surface area contributed by atoms with Gasteiger partial charge in [0.15, 0.2) is 9.84 Å². The molecule has 2 heterocycles. The highest BCUT2D eigenvalue weighted by Gasteiger charge is 2.33. The lowest BCUT2D eigenvalue weighted by Crippen LogP contribution is -2.47. The molecule has 0 radical (unpaired) electrons. The van der Waals surface area contributed by atoms with E-state index in [0.29, 0.717) is 6.42 Å². The average molecular weight is 246 g/mol. The van der Waals surface area contributed by atoms with Gasteiger partial charge in [-0.3, -0.25) is 4.79 Å². The third-order valence-corrected chi connectivity index (χ3v) is 5.01. The van der Waals surface area contributed by atoms with E-state index in [9.17, 15) is 13.2 Å². The minimum Gasteiger partial charge on any atom is -0.352 e. The number of amides is 1. The van der Waals surface area contributed by atoms with E-state index in [1.807, 2.05) is 0 Å². The number of carbonyl (C=O) groups excluding carboxylic acids is 1. The zero-order valence-electron chi connectivity index (χ0n) is 9.24. The molecule has 0 aromatic heterocycles. The second-order valence-corrected chi connectivity index (χ2v) is 6.88. The lowest BCUT2D eigenvalue weighted by molar-refractivity contribution is -0.125. The number of nitrogens with one attached hydrogen (secondary N) is 2. The third-order valence-electron chi connectivity index (χ3n) is 3.25. The van der Waals surface area contributed by atoms with Crippen molar-refractivity contribution in [1.82, 2.24) is 10.6 Å². The quantitative estimate of drug-likeness (QED) is 0.675. The van der Waals surface area contributed by atoms with Gasteiger partial charge >= 0.3 is 0 Å². The van der Waals surface area contributed by atoms with Crippen LogP contribution in [0.1, 0.15) is 19.3 Å². The lowest BCUT2D eigenvalue weighted by atomic mass is 10.0. The Morgan fingerprint density at radius 3 is 2.69 bits per heavy atom. The molecule has 6 heteroatoms. The maximum atomic E-state index is 11.8. The van der Waals surface area contributed by atoms with Crippen molar-refractivity contribution in [3.63, 3.8) is 0 Å². The van der Waals surface area contributed by atoms with Crippen molar-refractivity contribution in [3.8, 4) is 0 Å². The van der Waals surface area contributed by atoms with Gasteiger partial charge in [-0.1, -0.05) is 0 Å². The molecule has 1 amide bonds. The topological polar surface area (TPSA) is 75.3 Å². The van der Waals surface area contributed by atoms with E-state index in [1.165, 1.54) is 0 Å². The summed E-state index contributed by atoms with van der Waals surface area (Å²) in [6, 6.07) is 0.171. The van der Waals surface area contributed by atoms with E-state index in [-0.39, 0.29) is 29.4 Å². The van der Waals surface area contributed by atoms with Crippen LogP contribution in [0.4, 0.5) is 0 Å². The molecular formula is C10H18N2O3S. The van der Waals surface area contributed by atoms with Crippen LogP contribution in [0.3, 0.4) is 0 Å². The first-order chi connectivity index (χ1) is 7.57. The van der Waals surface area contributed by atoms with Crippen molar-refractivity contribution in [3.05, 3.63) is 0 Å². The van der Waals surface area contributed by atoms with Gasteiger partial charge in [0.05, 0.1) is 17.4 Å². The molecule has 2 aliphatic rings. The van der Waals surface area contributed by atoms with Crippen LogP contribution in [0.25, 0.3) is 0 Å². The van der Waals surface area contributed by atoms with Gasteiger partial charge < -0.3 is 10.6 Å². The molecule has 0 saturated carbocycles. The van der Waals surface area contributed by atoms with Crippen LogP contribution in [-0.4, -0.2) is 45.0 Å². The Balaban J connectivity index is 1.84. The molecular weight excluding hydrogens is 228 g/mol. The predicted octanol–water partition coefficient (Wildman–Crippen LogP) is -0.711. The number of hydrogen-bond acceptors (Lipinski definition) is 4. The summed E-state index contributed by atoms with van der Waals surface area (Å²) < 4.78 is 22.5. The van der Waals surface area contributed by atoms with Crippen LogP contribution in [-0.2, 0) is 14.6 Å². The highest BCUT2D eigenvalue weighted by atomic mass is 32.2. The van der Waals surface area contributed by atoms with Crippen LogP contribution >= 0.6 is 0 Å². The highest BCUT2D eigenvalue weighted by molar-refractivity contribution is 7.91. The van der Waals surface area contributed by atoms with Crippen LogP contribution in [0.5, 0.6) is 0 Å². The number of sulfone groups is 1. The molecule has 0 bridgehead atoms. The Labute approximate surface area is 95.9 Å². The van der Waals surface area contributed by atoms with Crippen molar-refractivity contribution in [2.75, 3.05) is 24.6 Å². The Bertz CT molecular complexity index is 360. The molecule has 2 aliphatic heterocycles. The van der Waals surface area contributed by atoms with E-state index in [4.69, 9.17) is 0 Å². The largest absolute Gasteiger partial charge is 0.352 e. The number of rotatable bonds is 2. The molecule has 92 valence electrons. The molecule has 0 spiro atoms. The summed E-state index contributed by atoms with van der Waals surface area (Å²) in [6.45, 7) is 1.80. The molecule has 5 nitrogen and oxygen atoms in total. The summed E-state index contributed by atoms with van der Waals surface area (Å²) in [5, 5.41) is 6.15. The highest BCUT2D eigenvalue weighted by Crippen LogP contribution is 2.18. The summed E-state index contributed by atoms with van der Waals surface area (Å²) in [5.41, 5.74) is 0. The van der Waals surface area contributed by atoms with Gasteiger partial charge in [-0.15, -0.1) is 0 Å².